The molecule has 0 aromatic heterocycles. The fourth-order valence-corrected chi connectivity index (χ4v) is 3.23. The van der Waals surface area contributed by atoms with Crippen LogP contribution in [0.4, 0.5) is 0 Å². The zero-order chi connectivity index (χ0) is 20.5. The Kier molecular flexibility index (Phi) is 7.97. The number of halogens is 1. The minimum atomic E-state index is 0.432. The van der Waals surface area contributed by atoms with Crippen molar-refractivity contribution in [2.45, 2.75) is 39.0 Å². The molecule has 0 aliphatic rings. The molecule has 1 unspecified atom stereocenters. The molecule has 29 heavy (non-hydrogen) atoms. The predicted molar refractivity (Wildman–Crippen MR) is 120 cm³/mol. The lowest BCUT2D eigenvalue weighted by Crippen LogP contribution is -2.26. The summed E-state index contributed by atoms with van der Waals surface area (Å²) >= 11 is 5.93. The van der Waals surface area contributed by atoms with Gasteiger partial charge in [-0.15, -0.1) is 0 Å². The van der Waals surface area contributed by atoms with Gasteiger partial charge in [0.25, 0.3) is 0 Å². The van der Waals surface area contributed by atoms with Crippen LogP contribution in [-0.4, -0.2) is 13.2 Å². The molecule has 0 aliphatic carbocycles. The molecule has 0 saturated carbocycles. The number of hydrogen-bond donors (Lipinski definition) is 1. The second kappa shape index (κ2) is 10.9. The molecule has 0 spiro atoms. The van der Waals surface area contributed by atoms with E-state index < -0.39 is 0 Å². The van der Waals surface area contributed by atoms with E-state index in [0.717, 1.165) is 41.5 Å². The van der Waals surface area contributed by atoms with Gasteiger partial charge >= 0.3 is 0 Å². The van der Waals surface area contributed by atoms with Crippen LogP contribution in [0.25, 0.3) is 0 Å². The van der Waals surface area contributed by atoms with Gasteiger partial charge in [0.1, 0.15) is 6.61 Å². The summed E-state index contributed by atoms with van der Waals surface area (Å²) in [5.74, 6) is 1.48. The molecule has 0 radical (unpaired) electrons. The molecule has 0 heterocycles. The minimum absolute atomic E-state index is 0.432. The molecule has 3 rings (SSSR count). The quantitative estimate of drug-likeness (QED) is 0.443. The van der Waals surface area contributed by atoms with E-state index in [1.54, 1.807) is 7.11 Å². The zero-order valence-electron chi connectivity index (χ0n) is 17.0. The monoisotopic (exact) mass is 409 g/mol. The molecular weight excluding hydrogens is 382 g/mol. The Hall–Kier alpha value is -2.49. The Bertz CT molecular complexity index is 881. The first-order valence-electron chi connectivity index (χ1n) is 9.95. The number of methoxy groups -OCH3 is 1. The summed E-state index contributed by atoms with van der Waals surface area (Å²) in [6.07, 6.45) is 2.18. The average Bonchev–Trinajstić information content (AvgIpc) is 2.76. The van der Waals surface area contributed by atoms with Crippen molar-refractivity contribution in [1.29, 1.82) is 0 Å². The molecule has 0 saturated heterocycles. The van der Waals surface area contributed by atoms with E-state index in [-0.39, 0.29) is 0 Å². The van der Waals surface area contributed by atoms with Crippen LogP contribution in [0, 0.1) is 0 Å². The summed E-state index contributed by atoms with van der Waals surface area (Å²) in [5, 5.41) is 4.32. The average molecular weight is 410 g/mol. The van der Waals surface area contributed by atoms with Crippen molar-refractivity contribution in [2.75, 3.05) is 7.11 Å². The number of nitrogens with one attached hydrogen (secondary N) is 1. The first kappa shape index (κ1) is 21.2. The first-order chi connectivity index (χ1) is 14.1. The Morgan fingerprint density at radius 2 is 1.59 bits per heavy atom. The molecule has 3 aromatic carbocycles. The van der Waals surface area contributed by atoms with E-state index in [1.807, 2.05) is 36.4 Å². The molecule has 1 N–H and O–H groups in total. The lowest BCUT2D eigenvalue weighted by Gasteiger charge is -2.16. The maximum atomic E-state index is 5.93. The minimum Gasteiger partial charge on any atom is -0.493 e. The number of hydrogen-bond acceptors (Lipinski definition) is 3. The van der Waals surface area contributed by atoms with Crippen molar-refractivity contribution < 1.29 is 9.47 Å². The fraction of sp³-hybridized carbons (Fsp3) is 0.280. The van der Waals surface area contributed by atoms with Gasteiger partial charge in [-0.3, -0.25) is 0 Å². The van der Waals surface area contributed by atoms with Crippen LogP contribution < -0.4 is 14.8 Å². The zero-order valence-corrected chi connectivity index (χ0v) is 17.8. The summed E-state index contributed by atoms with van der Waals surface area (Å²) in [6, 6.07) is 24.8. The number of rotatable bonds is 10. The summed E-state index contributed by atoms with van der Waals surface area (Å²) in [7, 11) is 1.67. The Morgan fingerprint density at radius 1 is 0.862 bits per heavy atom. The third-order valence-electron chi connectivity index (χ3n) is 4.90. The summed E-state index contributed by atoms with van der Waals surface area (Å²) in [4.78, 5) is 0. The highest BCUT2D eigenvalue weighted by molar-refractivity contribution is 6.30. The Labute approximate surface area is 178 Å². The topological polar surface area (TPSA) is 30.5 Å². The molecule has 1 atom stereocenters. The van der Waals surface area contributed by atoms with E-state index in [9.17, 15) is 0 Å². The van der Waals surface area contributed by atoms with Crippen LogP contribution in [0.5, 0.6) is 11.5 Å². The van der Waals surface area contributed by atoms with Crippen LogP contribution >= 0.6 is 11.6 Å². The van der Waals surface area contributed by atoms with Gasteiger partial charge in [0, 0.05) is 17.6 Å². The molecule has 0 aliphatic heterocycles. The van der Waals surface area contributed by atoms with Crippen LogP contribution in [0.1, 0.15) is 30.0 Å². The van der Waals surface area contributed by atoms with E-state index in [2.05, 4.69) is 48.6 Å². The van der Waals surface area contributed by atoms with Gasteiger partial charge < -0.3 is 14.8 Å². The van der Waals surface area contributed by atoms with Gasteiger partial charge in [-0.25, -0.2) is 0 Å². The lowest BCUT2D eigenvalue weighted by molar-refractivity contribution is 0.284. The van der Waals surface area contributed by atoms with Crippen LogP contribution in [0.2, 0.25) is 5.02 Å². The molecule has 3 aromatic rings. The van der Waals surface area contributed by atoms with Gasteiger partial charge in [-0.05, 0) is 60.7 Å². The molecule has 4 heteroatoms. The fourth-order valence-electron chi connectivity index (χ4n) is 3.10. The van der Waals surface area contributed by atoms with Gasteiger partial charge in [-0.1, -0.05) is 60.1 Å². The molecular formula is C25H28ClNO2. The van der Waals surface area contributed by atoms with E-state index >= 15 is 0 Å². The molecule has 0 fully saturated rings. The van der Waals surface area contributed by atoms with Crippen molar-refractivity contribution in [3.8, 4) is 11.5 Å². The highest BCUT2D eigenvalue weighted by Gasteiger charge is 2.08. The Balaban J connectivity index is 1.50. The molecule has 152 valence electrons. The number of ether oxygens (including phenoxy) is 2. The Morgan fingerprint density at radius 3 is 2.31 bits per heavy atom. The first-order valence-corrected chi connectivity index (χ1v) is 10.3. The third kappa shape index (κ3) is 6.81. The standard InChI is InChI=1S/C25H28ClNO2/c1-19(8-9-20-6-4-3-5-7-20)27-17-22-12-15-24(25(16-22)28-2)29-18-21-10-13-23(26)14-11-21/h3-7,10-16,19,27H,8-9,17-18H2,1-2H3. The van der Waals surface area contributed by atoms with Crippen LogP contribution in [0.15, 0.2) is 72.8 Å². The van der Waals surface area contributed by atoms with E-state index in [1.165, 1.54) is 11.1 Å². The predicted octanol–water partition coefficient (Wildman–Crippen LogP) is 6.04. The normalized spacial score (nSPS) is 11.8. The highest BCUT2D eigenvalue weighted by Crippen LogP contribution is 2.29. The van der Waals surface area contributed by atoms with Crippen molar-refractivity contribution in [3.05, 3.63) is 94.5 Å². The van der Waals surface area contributed by atoms with E-state index in [0.29, 0.717) is 12.6 Å². The van der Waals surface area contributed by atoms with Gasteiger partial charge in [-0.2, -0.15) is 0 Å². The molecule has 3 nitrogen and oxygen atoms in total. The van der Waals surface area contributed by atoms with Gasteiger partial charge in [0.05, 0.1) is 7.11 Å². The number of benzene rings is 3. The molecule has 0 amide bonds. The maximum Gasteiger partial charge on any atom is 0.161 e. The summed E-state index contributed by atoms with van der Waals surface area (Å²) < 4.78 is 11.5. The van der Waals surface area contributed by atoms with Crippen LogP contribution in [-0.2, 0) is 19.6 Å². The van der Waals surface area contributed by atoms with Crippen molar-refractivity contribution >= 4 is 11.6 Å². The van der Waals surface area contributed by atoms with Gasteiger partial charge in [0.15, 0.2) is 11.5 Å². The maximum absolute atomic E-state index is 5.93. The summed E-state index contributed by atoms with van der Waals surface area (Å²) in [5.41, 5.74) is 3.62. The van der Waals surface area contributed by atoms with Gasteiger partial charge in [0.2, 0.25) is 0 Å². The second-order valence-electron chi connectivity index (χ2n) is 7.21. The SMILES string of the molecule is COc1cc(CNC(C)CCc2ccccc2)ccc1OCc1ccc(Cl)cc1. The van der Waals surface area contributed by atoms with Crippen molar-refractivity contribution in [2.24, 2.45) is 0 Å². The van der Waals surface area contributed by atoms with E-state index in [4.69, 9.17) is 21.1 Å². The van der Waals surface area contributed by atoms with Crippen molar-refractivity contribution in [3.63, 3.8) is 0 Å². The number of aryl methyl sites for hydroxylation is 1. The van der Waals surface area contributed by atoms with Crippen molar-refractivity contribution in [1.82, 2.24) is 5.32 Å². The highest BCUT2D eigenvalue weighted by atomic mass is 35.5. The smallest absolute Gasteiger partial charge is 0.161 e. The molecule has 0 bridgehead atoms. The third-order valence-corrected chi connectivity index (χ3v) is 5.15. The largest absolute Gasteiger partial charge is 0.493 e. The second-order valence-corrected chi connectivity index (χ2v) is 7.64. The van der Waals surface area contributed by atoms with Crippen LogP contribution in [0.3, 0.4) is 0 Å². The lowest BCUT2D eigenvalue weighted by atomic mass is 10.1. The summed E-state index contributed by atoms with van der Waals surface area (Å²) in [6.45, 7) is 3.50.